The lowest BCUT2D eigenvalue weighted by molar-refractivity contribution is 0.185. The van der Waals surface area contributed by atoms with Gasteiger partial charge in [0.15, 0.2) is 0 Å². The van der Waals surface area contributed by atoms with Gasteiger partial charge >= 0.3 is 0 Å². The van der Waals surface area contributed by atoms with Gasteiger partial charge in [0.25, 0.3) is 0 Å². The van der Waals surface area contributed by atoms with E-state index in [1.54, 1.807) is 11.6 Å². The summed E-state index contributed by atoms with van der Waals surface area (Å²) in [6, 6.07) is 5.96. The predicted molar refractivity (Wildman–Crippen MR) is 128 cm³/mol. The highest BCUT2D eigenvalue weighted by molar-refractivity contribution is 5.25. The van der Waals surface area contributed by atoms with E-state index in [0.717, 1.165) is 61.0 Å². The highest BCUT2D eigenvalue weighted by atomic mass is 19.1. The van der Waals surface area contributed by atoms with Crippen LogP contribution in [0.4, 0.5) is 4.39 Å². The van der Waals surface area contributed by atoms with E-state index in [9.17, 15) is 4.39 Å². The summed E-state index contributed by atoms with van der Waals surface area (Å²) in [7, 11) is 0. The first-order chi connectivity index (χ1) is 14.7. The van der Waals surface area contributed by atoms with Crippen LogP contribution < -0.4 is 0 Å². The van der Waals surface area contributed by atoms with Crippen LogP contribution in [0, 0.1) is 23.6 Å². The van der Waals surface area contributed by atoms with Gasteiger partial charge in [0.2, 0.25) is 0 Å². The first kappa shape index (κ1) is 23.6. The predicted octanol–water partition coefficient (Wildman–Crippen LogP) is 9.21. The van der Waals surface area contributed by atoms with E-state index in [4.69, 9.17) is 0 Å². The number of unbranched alkanes of at least 4 members (excludes halogenated alkanes) is 3. The van der Waals surface area contributed by atoms with Crippen LogP contribution in [0.2, 0.25) is 0 Å². The van der Waals surface area contributed by atoms with Gasteiger partial charge in [-0.05, 0) is 92.7 Å². The van der Waals surface area contributed by atoms with Gasteiger partial charge in [0.1, 0.15) is 5.82 Å². The summed E-state index contributed by atoms with van der Waals surface area (Å²) >= 11 is 0. The monoisotopic (exact) mass is 412 g/mol. The summed E-state index contributed by atoms with van der Waals surface area (Å²) in [5, 5.41) is 0. The average molecular weight is 413 g/mol. The molecule has 1 heteroatoms. The van der Waals surface area contributed by atoms with E-state index in [2.05, 4.69) is 26.0 Å². The van der Waals surface area contributed by atoms with Crippen molar-refractivity contribution in [3.63, 3.8) is 0 Å². The molecule has 1 fully saturated rings. The van der Waals surface area contributed by atoms with Crippen molar-refractivity contribution in [2.24, 2.45) is 17.8 Å². The molecule has 0 aliphatic heterocycles. The average Bonchev–Trinajstić information content (AvgIpc) is 2.78. The van der Waals surface area contributed by atoms with Crippen LogP contribution >= 0.6 is 0 Å². The summed E-state index contributed by atoms with van der Waals surface area (Å²) in [6.07, 6.45) is 23.3. The minimum Gasteiger partial charge on any atom is -0.207 e. The van der Waals surface area contributed by atoms with Crippen LogP contribution in [0.3, 0.4) is 0 Å². The maximum atomic E-state index is 14.3. The summed E-state index contributed by atoms with van der Waals surface area (Å²) in [6.45, 7) is 4.47. The summed E-state index contributed by atoms with van der Waals surface area (Å²) in [5.74, 6) is 2.94. The van der Waals surface area contributed by atoms with Crippen molar-refractivity contribution in [1.29, 1.82) is 0 Å². The SMILES string of the molecule is CCCCCC1CCC(C2CC=C(CCc3ccc(CCCC)c(F)c3)CC2)CC1. The molecule has 168 valence electrons. The number of halogens is 1. The van der Waals surface area contributed by atoms with Gasteiger partial charge in [-0.15, -0.1) is 0 Å². The second-order valence-corrected chi connectivity index (χ2v) is 10.2. The molecule has 1 atom stereocenters. The number of allylic oxidation sites excluding steroid dienone is 2. The third kappa shape index (κ3) is 7.24. The van der Waals surface area contributed by atoms with Crippen molar-refractivity contribution in [3.05, 3.63) is 46.8 Å². The Morgan fingerprint density at radius 2 is 1.63 bits per heavy atom. The molecule has 0 heterocycles. The maximum absolute atomic E-state index is 14.3. The lowest BCUT2D eigenvalue weighted by Crippen LogP contribution is -2.23. The molecule has 1 saturated carbocycles. The molecule has 30 heavy (non-hydrogen) atoms. The van der Waals surface area contributed by atoms with Crippen molar-refractivity contribution in [2.45, 2.75) is 117 Å². The fourth-order valence-electron chi connectivity index (χ4n) is 5.82. The van der Waals surface area contributed by atoms with Crippen molar-refractivity contribution in [3.8, 4) is 0 Å². The minimum atomic E-state index is 0.00364. The van der Waals surface area contributed by atoms with E-state index in [0.29, 0.717) is 0 Å². The number of benzene rings is 1. The Kier molecular flexibility index (Phi) is 9.95. The Labute approximate surface area is 185 Å². The fraction of sp³-hybridized carbons (Fsp3) is 0.724. The first-order valence-electron chi connectivity index (χ1n) is 13.1. The van der Waals surface area contributed by atoms with Gasteiger partial charge < -0.3 is 0 Å². The molecule has 0 saturated heterocycles. The van der Waals surface area contributed by atoms with Gasteiger partial charge in [-0.25, -0.2) is 4.39 Å². The number of aryl methyl sites for hydroxylation is 2. The van der Waals surface area contributed by atoms with Gasteiger partial charge in [-0.3, -0.25) is 0 Å². The van der Waals surface area contributed by atoms with E-state index in [1.807, 2.05) is 6.07 Å². The van der Waals surface area contributed by atoms with Crippen molar-refractivity contribution >= 4 is 0 Å². The smallest absolute Gasteiger partial charge is 0.126 e. The molecule has 1 unspecified atom stereocenters. The molecule has 0 N–H and O–H groups in total. The van der Waals surface area contributed by atoms with E-state index in [-0.39, 0.29) is 5.82 Å². The molecule has 0 aromatic heterocycles. The van der Waals surface area contributed by atoms with Gasteiger partial charge in [0.05, 0.1) is 0 Å². The standard InChI is InChI=1S/C29H45F/c1-3-5-7-8-23-12-17-26(18-13-23)27-19-14-24(15-20-27)10-11-25-16-21-28(9-6-4-2)29(30)22-25/h14,16,21-23,26-27H,3-13,15,17-20H2,1-2H3. The second kappa shape index (κ2) is 12.7. The van der Waals surface area contributed by atoms with Crippen LogP contribution in [-0.4, -0.2) is 0 Å². The van der Waals surface area contributed by atoms with Crippen molar-refractivity contribution in [1.82, 2.24) is 0 Å². The normalized spacial score (nSPS) is 24.6. The fourth-order valence-corrected chi connectivity index (χ4v) is 5.82. The van der Waals surface area contributed by atoms with E-state index in [1.165, 1.54) is 70.6 Å². The molecule has 0 bridgehead atoms. The van der Waals surface area contributed by atoms with Gasteiger partial charge in [-0.2, -0.15) is 0 Å². The summed E-state index contributed by atoms with van der Waals surface area (Å²) in [4.78, 5) is 0. The number of hydrogen-bond acceptors (Lipinski definition) is 0. The first-order valence-corrected chi connectivity index (χ1v) is 13.1. The summed E-state index contributed by atoms with van der Waals surface area (Å²) < 4.78 is 14.3. The van der Waals surface area contributed by atoms with Crippen LogP contribution in [0.25, 0.3) is 0 Å². The molecule has 2 aliphatic carbocycles. The van der Waals surface area contributed by atoms with Crippen LogP contribution in [0.15, 0.2) is 29.8 Å². The number of rotatable bonds is 11. The summed E-state index contributed by atoms with van der Waals surface area (Å²) in [5.41, 5.74) is 3.67. The zero-order chi connectivity index (χ0) is 21.2. The largest absolute Gasteiger partial charge is 0.207 e. The Balaban J connectivity index is 1.38. The molecule has 2 aliphatic rings. The molecule has 1 aromatic rings. The molecule has 0 radical (unpaired) electrons. The maximum Gasteiger partial charge on any atom is 0.126 e. The Morgan fingerprint density at radius 3 is 2.30 bits per heavy atom. The molecule has 3 rings (SSSR count). The molecule has 1 aromatic carbocycles. The number of hydrogen-bond donors (Lipinski definition) is 0. The van der Waals surface area contributed by atoms with Crippen LogP contribution in [0.1, 0.15) is 115 Å². The Hall–Kier alpha value is -1.11. The molecular weight excluding hydrogens is 367 g/mol. The van der Waals surface area contributed by atoms with Crippen molar-refractivity contribution < 1.29 is 4.39 Å². The third-order valence-corrected chi connectivity index (χ3v) is 7.97. The van der Waals surface area contributed by atoms with E-state index >= 15 is 0 Å². The Bertz CT molecular complexity index is 650. The molecular formula is C29H45F. The molecule has 0 nitrogen and oxygen atoms in total. The van der Waals surface area contributed by atoms with Crippen LogP contribution in [0.5, 0.6) is 0 Å². The highest BCUT2D eigenvalue weighted by Crippen LogP contribution is 2.41. The lowest BCUT2D eigenvalue weighted by Gasteiger charge is -2.35. The van der Waals surface area contributed by atoms with Gasteiger partial charge in [0, 0.05) is 0 Å². The molecule has 0 spiro atoms. The zero-order valence-electron chi connectivity index (χ0n) is 19.7. The highest BCUT2D eigenvalue weighted by Gasteiger charge is 2.28. The van der Waals surface area contributed by atoms with E-state index < -0.39 is 0 Å². The minimum absolute atomic E-state index is 0.00364. The second-order valence-electron chi connectivity index (χ2n) is 10.2. The van der Waals surface area contributed by atoms with Crippen LogP contribution in [-0.2, 0) is 12.8 Å². The molecule has 0 amide bonds. The van der Waals surface area contributed by atoms with Gasteiger partial charge in [-0.1, -0.05) is 82.6 Å². The quantitative estimate of drug-likeness (QED) is 0.251. The topological polar surface area (TPSA) is 0 Å². The third-order valence-electron chi connectivity index (χ3n) is 7.97. The lowest BCUT2D eigenvalue weighted by atomic mass is 9.70. The Morgan fingerprint density at radius 1 is 0.833 bits per heavy atom. The zero-order valence-corrected chi connectivity index (χ0v) is 19.7. The van der Waals surface area contributed by atoms with Crippen molar-refractivity contribution in [2.75, 3.05) is 0 Å².